The van der Waals surface area contributed by atoms with Crippen LogP contribution in [0.3, 0.4) is 0 Å². The average molecular weight is 656 g/mol. The van der Waals surface area contributed by atoms with Crippen LogP contribution in [0.25, 0.3) is 22.2 Å². The number of hydrogen-bond acceptors (Lipinski definition) is 9. The molecule has 4 aliphatic rings. The number of nitrogen functional groups attached to an aromatic ring is 1. The predicted octanol–water partition coefficient (Wildman–Crippen LogP) is 5.00. The highest BCUT2D eigenvalue weighted by Crippen LogP contribution is 2.47. The van der Waals surface area contributed by atoms with Crippen molar-refractivity contribution >= 4 is 22.4 Å². The highest BCUT2D eigenvalue weighted by molar-refractivity contribution is 5.97. The topological polar surface area (TPSA) is 102 Å². The molecule has 0 unspecified atom stereocenters. The summed E-state index contributed by atoms with van der Waals surface area (Å²) in [6.45, 7) is 5.54. The van der Waals surface area contributed by atoms with Gasteiger partial charge in [-0.25, -0.2) is 22.5 Å². The largest absolute Gasteiger partial charge is 0.472 e. The van der Waals surface area contributed by atoms with Crippen LogP contribution < -0.4 is 25.4 Å². The number of fused-ring (bicyclic) bond motifs is 3. The number of rotatable bonds is 5. The van der Waals surface area contributed by atoms with Crippen molar-refractivity contribution < 1.29 is 40.2 Å². The van der Waals surface area contributed by atoms with E-state index in [9.17, 15) is 22.0 Å². The van der Waals surface area contributed by atoms with Crippen molar-refractivity contribution in [2.24, 2.45) is 0 Å². The summed E-state index contributed by atoms with van der Waals surface area (Å²) in [5.41, 5.74) is -1.21. The van der Waals surface area contributed by atoms with Crippen LogP contribution in [0.15, 0.2) is 6.07 Å². The van der Waals surface area contributed by atoms with Gasteiger partial charge in [-0.2, -0.15) is 23.1 Å². The summed E-state index contributed by atoms with van der Waals surface area (Å²) >= 11 is 0. The Hall–Kier alpha value is -3.66. The molecule has 3 aromatic rings. The molecule has 16 heteroatoms. The Morgan fingerprint density at radius 3 is 2.67 bits per heavy atom. The molecular formula is C30H32F7N7O2. The summed E-state index contributed by atoms with van der Waals surface area (Å²) in [6, 6.07) is -0.635. The zero-order valence-corrected chi connectivity index (χ0v) is 25.0. The summed E-state index contributed by atoms with van der Waals surface area (Å²) in [5.74, 6) is -5.05. The van der Waals surface area contributed by atoms with Gasteiger partial charge in [-0.1, -0.05) is 6.92 Å². The fourth-order valence-corrected chi connectivity index (χ4v) is 7.39. The first-order valence-electron chi connectivity index (χ1n) is 15.3. The van der Waals surface area contributed by atoms with Crippen molar-refractivity contribution in [3.63, 3.8) is 0 Å². The molecule has 7 rings (SSSR count). The fraction of sp³-hybridized carbons (Fsp3) is 0.567. The van der Waals surface area contributed by atoms with Crippen molar-refractivity contribution in [2.45, 2.75) is 75.6 Å². The zero-order chi connectivity index (χ0) is 32.7. The lowest BCUT2D eigenvalue weighted by Crippen LogP contribution is -2.60. The minimum atomic E-state index is -5.30. The van der Waals surface area contributed by atoms with Crippen LogP contribution in [-0.4, -0.2) is 82.5 Å². The number of hydrogen-bond donors (Lipinski definition) is 2. The molecule has 0 radical (unpaired) electrons. The van der Waals surface area contributed by atoms with Crippen LogP contribution in [0.5, 0.6) is 11.9 Å². The quantitative estimate of drug-likeness (QED) is 0.291. The maximum atomic E-state index is 16.6. The van der Waals surface area contributed by atoms with E-state index in [-0.39, 0.29) is 60.8 Å². The van der Waals surface area contributed by atoms with Gasteiger partial charge in [-0.15, -0.1) is 0 Å². The lowest BCUT2D eigenvalue weighted by atomic mass is 9.95. The molecule has 2 aromatic heterocycles. The standard InChI is InChI=1S/C30H32F7N7O2/c1-3-15-11-44-18(9-39-15)13(2)46-27-20-25(22(34)24(40-27)19-16(30(35,36)37)7-17(32)23(38)21(19)33)41-28(42-26(20)44)45-12-29-5-4-6-43(29)10-14(31)8-29/h7,13-15,18,39H,3-6,8-12,38H2,1-2H3/t13-,14+,15+,18-,29-/m0/s1. The van der Waals surface area contributed by atoms with Crippen LogP contribution in [0.1, 0.15) is 45.1 Å². The number of ether oxygens (including phenoxy) is 2. The maximum Gasteiger partial charge on any atom is 0.417 e. The molecule has 3 saturated heterocycles. The van der Waals surface area contributed by atoms with Gasteiger partial charge in [0.05, 0.1) is 22.7 Å². The normalized spacial score (nSPS) is 27.8. The molecule has 0 aliphatic carbocycles. The van der Waals surface area contributed by atoms with Gasteiger partial charge >= 0.3 is 12.2 Å². The molecule has 5 atom stereocenters. The lowest BCUT2D eigenvalue weighted by Gasteiger charge is -2.42. The second kappa shape index (κ2) is 11.0. The highest BCUT2D eigenvalue weighted by atomic mass is 19.4. The Morgan fingerprint density at radius 1 is 1.15 bits per heavy atom. The first-order valence-corrected chi connectivity index (χ1v) is 15.3. The summed E-state index contributed by atoms with van der Waals surface area (Å²) in [6.07, 6.45) is -4.46. The Bertz CT molecular complexity index is 1710. The van der Waals surface area contributed by atoms with Crippen molar-refractivity contribution in [3.8, 4) is 23.1 Å². The van der Waals surface area contributed by atoms with Crippen molar-refractivity contribution in [2.75, 3.05) is 43.4 Å². The number of aromatic nitrogens is 3. The van der Waals surface area contributed by atoms with Gasteiger partial charge in [-0.05, 0) is 38.8 Å². The summed E-state index contributed by atoms with van der Waals surface area (Å²) in [5, 5.41) is 3.39. The Labute approximate surface area is 259 Å². The molecule has 1 aromatic carbocycles. The van der Waals surface area contributed by atoms with Gasteiger partial charge in [0.15, 0.2) is 11.6 Å². The Kier molecular flexibility index (Phi) is 7.38. The van der Waals surface area contributed by atoms with E-state index in [0.717, 1.165) is 12.8 Å². The average Bonchev–Trinajstić information content (AvgIpc) is 3.51. The zero-order valence-electron chi connectivity index (χ0n) is 25.0. The Morgan fingerprint density at radius 2 is 1.93 bits per heavy atom. The van der Waals surface area contributed by atoms with E-state index in [1.807, 2.05) is 16.7 Å². The van der Waals surface area contributed by atoms with Gasteiger partial charge in [0, 0.05) is 32.1 Å². The van der Waals surface area contributed by atoms with E-state index in [1.54, 1.807) is 6.92 Å². The van der Waals surface area contributed by atoms with Crippen LogP contribution >= 0.6 is 0 Å². The van der Waals surface area contributed by atoms with E-state index in [1.165, 1.54) is 0 Å². The second-order valence-corrected chi connectivity index (χ2v) is 12.6. The van der Waals surface area contributed by atoms with E-state index in [2.05, 4.69) is 20.3 Å². The lowest BCUT2D eigenvalue weighted by molar-refractivity contribution is -0.137. The molecule has 46 heavy (non-hydrogen) atoms. The number of alkyl halides is 4. The summed E-state index contributed by atoms with van der Waals surface area (Å²) in [7, 11) is 0. The van der Waals surface area contributed by atoms with E-state index in [0.29, 0.717) is 26.1 Å². The van der Waals surface area contributed by atoms with Crippen LogP contribution in [-0.2, 0) is 6.18 Å². The van der Waals surface area contributed by atoms with Crippen molar-refractivity contribution in [1.82, 2.24) is 25.2 Å². The molecule has 3 fully saturated rings. The molecule has 6 heterocycles. The minimum absolute atomic E-state index is 0.00159. The summed E-state index contributed by atoms with van der Waals surface area (Å²) in [4.78, 5) is 16.9. The van der Waals surface area contributed by atoms with Gasteiger partial charge < -0.3 is 25.4 Å². The van der Waals surface area contributed by atoms with Gasteiger partial charge in [-0.3, -0.25) is 4.90 Å². The van der Waals surface area contributed by atoms with Gasteiger partial charge in [0.2, 0.25) is 5.88 Å². The number of nitrogens with one attached hydrogen (secondary N) is 1. The molecule has 248 valence electrons. The molecule has 0 saturated carbocycles. The highest BCUT2D eigenvalue weighted by Gasteiger charge is 2.50. The minimum Gasteiger partial charge on any atom is -0.472 e. The molecule has 9 nitrogen and oxygen atoms in total. The summed E-state index contributed by atoms with van der Waals surface area (Å²) < 4.78 is 115. The number of nitrogens with two attached hydrogens (primary N) is 1. The molecular weight excluding hydrogens is 623 g/mol. The van der Waals surface area contributed by atoms with Gasteiger partial charge in [0.25, 0.3) is 0 Å². The van der Waals surface area contributed by atoms with Crippen molar-refractivity contribution in [3.05, 3.63) is 29.1 Å². The molecule has 3 N–H and O–H groups in total. The third-order valence-corrected chi connectivity index (χ3v) is 9.78. The molecule has 0 amide bonds. The maximum absolute atomic E-state index is 16.6. The van der Waals surface area contributed by atoms with Crippen LogP contribution in [0.4, 0.5) is 42.2 Å². The van der Waals surface area contributed by atoms with E-state index >= 15 is 8.78 Å². The second-order valence-electron chi connectivity index (χ2n) is 12.6. The van der Waals surface area contributed by atoms with Crippen LogP contribution in [0.2, 0.25) is 0 Å². The van der Waals surface area contributed by atoms with Crippen molar-refractivity contribution in [1.29, 1.82) is 0 Å². The van der Waals surface area contributed by atoms with Gasteiger partial charge in [0.1, 0.15) is 52.8 Å². The molecule has 0 spiro atoms. The predicted molar refractivity (Wildman–Crippen MR) is 154 cm³/mol. The first kappa shape index (κ1) is 31.0. The van der Waals surface area contributed by atoms with Crippen LogP contribution in [0, 0.1) is 17.5 Å². The number of benzene rings is 1. The number of piperazine rings is 1. The Balaban J connectivity index is 1.44. The number of pyridine rings is 1. The SMILES string of the molecule is CC[C@@H]1CN2c3nc(OC[C@@]45CCCN4C[C@H](F)C5)nc4c(F)c(-c5c(C(F)(F)F)cc(F)c(N)c5F)nc(c34)O[C@@H](C)[C@@H]2CN1. The molecule has 4 aliphatic heterocycles. The number of anilines is 2. The van der Waals surface area contributed by atoms with E-state index in [4.69, 9.17) is 15.2 Å². The fourth-order valence-electron chi connectivity index (χ4n) is 7.39. The molecule has 0 bridgehead atoms. The number of nitrogens with zero attached hydrogens (tertiary/aromatic N) is 5. The van der Waals surface area contributed by atoms with E-state index < -0.39 is 69.5 Å². The smallest absolute Gasteiger partial charge is 0.417 e. The monoisotopic (exact) mass is 655 g/mol. The third-order valence-electron chi connectivity index (χ3n) is 9.78. The third kappa shape index (κ3) is 4.86. The first-order chi connectivity index (χ1) is 21.8. The number of halogens is 7.